The Morgan fingerprint density at radius 3 is 2.47 bits per heavy atom. The lowest BCUT2D eigenvalue weighted by atomic mass is 10.2. The summed E-state index contributed by atoms with van der Waals surface area (Å²) in [5.74, 6) is 0. The Morgan fingerprint density at radius 2 is 1.82 bits per heavy atom. The third-order valence-corrected chi connectivity index (χ3v) is 3.06. The molecule has 0 unspecified atom stereocenters. The fourth-order valence-corrected chi connectivity index (χ4v) is 2.04. The number of nitrogen functional groups attached to an aromatic ring is 1. The molecule has 2 nitrogen and oxygen atoms in total. The number of nitrogens with one attached hydrogen (secondary N) is 1. The predicted molar refractivity (Wildman–Crippen MR) is 75.3 cm³/mol. The number of anilines is 3. The first kappa shape index (κ1) is 12.1. The summed E-state index contributed by atoms with van der Waals surface area (Å²) < 4.78 is 0. The minimum atomic E-state index is 0.571. The van der Waals surface area contributed by atoms with Gasteiger partial charge in [-0.25, -0.2) is 0 Å². The van der Waals surface area contributed by atoms with E-state index in [1.54, 1.807) is 18.2 Å². The van der Waals surface area contributed by atoms with Gasteiger partial charge in [-0.05, 0) is 36.8 Å². The van der Waals surface area contributed by atoms with Gasteiger partial charge in [-0.3, -0.25) is 0 Å². The van der Waals surface area contributed by atoms with Crippen LogP contribution in [0.15, 0.2) is 36.4 Å². The summed E-state index contributed by atoms with van der Waals surface area (Å²) in [5, 5.41) is 4.36. The molecule has 0 saturated heterocycles. The van der Waals surface area contributed by atoms with Gasteiger partial charge in [0, 0.05) is 0 Å². The second kappa shape index (κ2) is 4.86. The highest BCUT2D eigenvalue weighted by molar-refractivity contribution is 6.35. The molecule has 0 aliphatic carbocycles. The fraction of sp³-hybridized carbons (Fsp3) is 0.0769. The average Bonchev–Trinajstić information content (AvgIpc) is 2.26. The van der Waals surface area contributed by atoms with E-state index in [-0.39, 0.29) is 0 Å². The molecule has 0 fully saturated rings. The van der Waals surface area contributed by atoms with Gasteiger partial charge in [0.05, 0.1) is 27.1 Å². The zero-order valence-corrected chi connectivity index (χ0v) is 10.8. The van der Waals surface area contributed by atoms with Crippen molar-refractivity contribution in [2.45, 2.75) is 6.92 Å². The molecule has 0 atom stereocenters. The minimum Gasteiger partial charge on any atom is -0.397 e. The maximum absolute atomic E-state index is 6.14. The number of nitrogens with two attached hydrogens (primary N) is 1. The lowest BCUT2D eigenvalue weighted by Gasteiger charge is -2.12. The number of benzene rings is 2. The zero-order valence-electron chi connectivity index (χ0n) is 9.30. The van der Waals surface area contributed by atoms with Crippen molar-refractivity contribution >= 4 is 40.3 Å². The summed E-state index contributed by atoms with van der Waals surface area (Å²) in [6, 6.07) is 11.1. The third-order valence-electron chi connectivity index (χ3n) is 2.43. The lowest BCUT2D eigenvalue weighted by Crippen LogP contribution is -1.97. The summed E-state index contributed by atoms with van der Waals surface area (Å²) in [5.41, 5.74) is 9.02. The van der Waals surface area contributed by atoms with E-state index in [1.807, 2.05) is 25.1 Å². The Labute approximate surface area is 110 Å². The summed E-state index contributed by atoms with van der Waals surface area (Å²) in [6.45, 7) is 1.99. The highest BCUT2D eigenvalue weighted by atomic mass is 35.5. The number of halogens is 2. The number of hydrogen-bond donors (Lipinski definition) is 2. The quantitative estimate of drug-likeness (QED) is 0.778. The Bertz CT molecular complexity index is 533. The minimum absolute atomic E-state index is 0.571. The van der Waals surface area contributed by atoms with Crippen LogP contribution in [0.1, 0.15) is 5.56 Å². The Kier molecular flexibility index (Phi) is 3.46. The molecule has 0 amide bonds. The first-order chi connectivity index (χ1) is 8.08. The van der Waals surface area contributed by atoms with Gasteiger partial charge >= 0.3 is 0 Å². The molecule has 0 spiro atoms. The van der Waals surface area contributed by atoms with Crippen molar-refractivity contribution in [2.75, 3.05) is 11.1 Å². The van der Waals surface area contributed by atoms with E-state index < -0.39 is 0 Å². The molecule has 2 rings (SSSR count). The number of para-hydroxylation sites is 1. The molecule has 0 aliphatic heterocycles. The highest BCUT2D eigenvalue weighted by Gasteiger charge is 2.07. The van der Waals surface area contributed by atoms with Gasteiger partial charge < -0.3 is 11.1 Å². The lowest BCUT2D eigenvalue weighted by molar-refractivity contribution is 1.45. The standard InChI is InChI=1S/C13H12Cl2N2/c1-8-5-6-12(10(15)7-8)17-13-9(14)3-2-4-11(13)16/h2-7,17H,16H2,1H3. The summed E-state index contributed by atoms with van der Waals surface area (Å²) in [6.07, 6.45) is 0. The maximum atomic E-state index is 6.14. The van der Waals surface area contributed by atoms with Crippen molar-refractivity contribution in [3.63, 3.8) is 0 Å². The van der Waals surface area contributed by atoms with Gasteiger partial charge in [0.15, 0.2) is 0 Å². The fourth-order valence-electron chi connectivity index (χ4n) is 1.53. The van der Waals surface area contributed by atoms with Crippen LogP contribution >= 0.6 is 23.2 Å². The van der Waals surface area contributed by atoms with Crippen molar-refractivity contribution in [1.29, 1.82) is 0 Å². The highest BCUT2D eigenvalue weighted by Crippen LogP contribution is 2.33. The van der Waals surface area contributed by atoms with Crippen LogP contribution in [0.3, 0.4) is 0 Å². The van der Waals surface area contributed by atoms with Crippen LogP contribution in [-0.4, -0.2) is 0 Å². The molecule has 0 saturated carbocycles. The van der Waals surface area contributed by atoms with Gasteiger partial charge in [-0.15, -0.1) is 0 Å². The summed E-state index contributed by atoms with van der Waals surface area (Å²) >= 11 is 12.2. The molecule has 2 aromatic rings. The van der Waals surface area contributed by atoms with Crippen LogP contribution in [0.25, 0.3) is 0 Å². The molecule has 0 aliphatic rings. The molecule has 4 heteroatoms. The van der Waals surface area contributed by atoms with Crippen molar-refractivity contribution in [3.8, 4) is 0 Å². The SMILES string of the molecule is Cc1ccc(Nc2c(N)cccc2Cl)c(Cl)c1. The van der Waals surface area contributed by atoms with Crippen LogP contribution in [0.5, 0.6) is 0 Å². The molecule has 0 radical (unpaired) electrons. The van der Waals surface area contributed by atoms with Crippen molar-refractivity contribution < 1.29 is 0 Å². The largest absolute Gasteiger partial charge is 0.397 e. The Balaban J connectivity index is 2.38. The molecule has 3 N–H and O–H groups in total. The molecular formula is C13H12Cl2N2. The van der Waals surface area contributed by atoms with Crippen LogP contribution in [0.4, 0.5) is 17.1 Å². The topological polar surface area (TPSA) is 38.0 Å². The second-order valence-electron chi connectivity index (χ2n) is 3.81. The monoisotopic (exact) mass is 266 g/mol. The molecule has 0 bridgehead atoms. The number of rotatable bonds is 2. The van der Waals surface area contributed by atoms with Crippen molar-refractivity contribution in [3.05, 3.63) is 52.0 Å². The Hall–Kier alpha value is -1.38. The predicted octanol–water partition coefficient (Wildman–Crippen LogP) is 4.63. The summed E-state index contributed by atoms with van der Waals surface area (Å²) in [4.78, 5) is 0. The molecule has 0 aromatic heterocycles. The van der Waals surface area contributed by atoms with Crippen molar-refractivity contribution in [1.82, 2.24) is 0 Å². The van der Waals surface area contributed by atoms with Gasteiger partial charge in [-0.2, -0.15) is 0 Å². The van der Waals surface area contributed by atoms with Gasteiger partial charge in [0.1, 0.15) is 0 Å². The van der Waals surface area contributed by atoms with Crippen LogP contribution in [0, 0.1) is 6.92 Å². The van der Waals surface area contributed by atoms with E-state index in [9.17, 15) is 0 Å². The van der Waals surface area contributed by atoms with Gasteiger partial charge in [0.2, 0.25) is 0 Å². The van der Waals surface area contributed by atoms with E-state index in [1.165, 1.54) is 0 Å². The van der Waals surface area contributed by atoms with Gasteiger partial charge in [-0.1, -0.05) is 35.3 Å². The van der Waals surface area contributed by atoms with Gasteiger partial charge in [0.25, 0.3) is 0 Å². The van der Waals surface area contributed by atoms with Crippen LogP contribution in [0.2, 0.25) is 10.0 Å². The molecule has 0 heterocycles. The first-order valence-electron chi connectivity index (χ1n) is 5.15. The van der Waals surface area contributed by atoms with E-state index in [2.05, 4.69) is 5.32 Å². The normalized spacial score (nSPS) is 10.3. The van der Waals surface area contributed by atoms with Crippen LogP contribution in [-0.2, 0) is 0 Å². The average molecular weight is 267 g/mol. The third kappa shape index (κ3) is 2.65. The molecule has 2 aromatic carbocycles. The second-order valence-corrected chi connectivity index (χ2v) is 4.63. The maximum Gasteiger partial charge on any atom is 0.0807 e. The van der Waals surface area contributed by atoms with E-state index in [0.29, 0.717) is 21.4 Å². The van der Waals surface area contributed by atoms with Crippen molar-refractivity contribution in [2.24, 2.45) is 0 Å². The Morgan fingerprint density at radius 1 is 1.06 bits per heavy atom. The molecular weight excluding hydrogens is 255 g/mol. The molecule has 17 heavy (non-hydrogen) atoms. The van der Waals surface area contributed by atoms with E-state index >= 15 is 0 Å². The van der Waals surface area contributed by atoms with Crippen LogP contribution < -0.4 is 11.1 Å². The smallest absolute Gasteiger partial charge is 0.0807 e. The van der Waals surface area contributed by atoms with E-state index in [4.69, 9.17) is 28.9 Å². The number of hydrogen-bond acceptors (Lipinski definition) is 2. The van der Waals surface area contributed by atoms with E-state index in [0.717, 1.165) is 11.3 Å². The molecule has 88 valence electrons. The summed E-state index contributed by atoms with van der Waals surface area (Å²) in [7, 11) is 0. The first-order valence-corrected chi connectivity index (χ1v) is 5.90. The zero-order chi connectivity index (χ0) is 12.4. The number of aryl methyl sites for hydroxylation is 1.